The fraction of sp³-hybridized carbons (Fsp3) is 0.833. The Kier molecular flexibility index (Phi) is 4.88. The first kappa shape index (κ1) is 9.39. The van der Waals surface area contributed by atoms with Crippen LogP contribution < -0.4 is 10.6 Å². The van der Waals surface area contributed by atoms with Gasteiger partial charge in [0.1, 0.15) is 0 Å². The van der Waals surface area contributed by atoms with Crippen molar-refractivity contribution in [2.24, 2.45) is 5.92 Å². The minimum absolute atomic E-state index is 0.324. The van der Waals surface area contributed by atoms with Crippen LogP contribution in [0.1, 0.15) is 0 Å². The van der Waals surface area contributed by atoms with Crippen LogP contribution in [0.15, 0.2) is 0 Å². The molecule has 0 aromatic carbocycles. The van der Waals surface area contributed by atoms with E-state index in [0.717, 1.165) is 0 Å². The highest BCUT2D eigenvalue weighted by Gasteiger charge is 2.14. The molecule has 0 aliphatic rings. The normalized spacial score (nSPS) is 10.3. The standard InChI is InChI=1S/C6H14N2O2/c1-7-3-5(4-8-2)6(9)10/h5,7-8H,3-4H2,1-2H3,(H,9,10). The van der Waals surface area contributed by atoms with E-state index in [1.54, 1.807) is 14.1 Å². The molecule has 0 aliphatic heterocycles. The van der Waals surface area contributed by atoms with Crippen molar-refractivity contribution >= 4 is 5.97 Å². The predicted octanol–water partition coefficient (Wildman–Crippen LogP) is -0.874. The molecule has 0 saturated heterocycles. The third-order valence-corrected chi connectivity index (χ3v) is 1.25. The van der Waals surface area contributed by atoms with E-state index in [9.17, 15) is 4.79 Å². The highest BCUT2D eigenvalue weighted by Crippen LogP contribution is 1.90. The SMILES string of the molecule is CNCC(CNC)C(=O)O. The average Bonchev–Trinajstić information content (AvgIpc) is 1.87. The lowest BCUT2D eigenvalue weighted by molar-refractivity contribution is -0.141. The molecule has 0 fully saturated rings. The first-order valence-electron chi connectivity index (χ1n) is 3.24. The average molecular weight is 146 g/mol. The lowest BCUT2D eigenvalue weighted by Crippen LogP contribution is -2.33. The largest absolute Gasteiger partial charge is 0.481 e. The molecule has 0 amide bonds. The zero-order valence-electron chi connectivity index (χ0n) is 6.35. The summed E-state index contributed by atoms with van der Waals surface area (Å²) in [5, 5.41) is 14.2. The van der Waals surface area contributed by atoms with E-state index in [-0.39, 0.29) is 5.92 Å². The molecule has 0 rings (SSSR count). The monoisotopic (exact) mass is 146 g/mol. The van der Waals surface area contributed by atoms with Gasteiger partial charge in [0, 0.05) is 13.1 Å². The number of carboxylic acids is 1. The maximum Gasteiger partial charge on any atom is 0.309 e. The van der Waals surface area contributed by atoms with Crippen LogP contribution in [0.25, 0.3) is 0 Å². The second kappa shape index (κ2) is 5.20. The number of carbonyl (C=O) groups is 1. The van der Waals surface area contributed by atoms with Crippen LogP contribution in [-0.4, -0.2) is 38.3 Å². The highest BCUT2D eigenvalue weighted by atomic mass is 16.4. The topological polar surface area (TPSA) is 61.4 Å². The van der Waals surface area contributed by atoms with Gasteiger partial charge in [0.2, 0.25) is 0 Å². The van der Waals surface area contributed by atoms with E-state index < -0.39 is 5.97 Å². The van der Waals surface area contributed by atoms with Crippen LogP contribution in [0, 0.1) is 5.92 Å². The first-order valence-corrected chi connectivity index (χ1v) is 3.24. The molecule has 0 aromatic heterocycles. The number of aliphatic carboxylic acids is 1. The molecular weight excluding hydrogens is 132 g/mol. The molecule has 4 nitrogen and oxygen atoms in total. The van der Waals surface area contributed by atoms with E-state index in [1.807, 2.05) is 0 Å². The number of rotatable bonds is 5. The van der Waals surface area contributed by atoms with Gasteiger partial charge in [-0.1, -0.05) is 0 Å². The van der Waals surface area contributed by atoms with Gasteiger partial charge in [-0.15, -0.1) is 0 Å². The summed E-state index contributed by atoms with van der Waals surface area (Å²) in [6.07, 6.45) is 0. The lowest BCUT2D eigenvalue weighted by Gasteiger charge is -2.09. The van der Waals surface area contributed by atoms with Crippen molar-refractivity contribution in [2.45, 2.75) is 0 Å². The molecule has 60 valence electrons. The van der Waals surface area contributed by atoms with E-state index in [2.05, 4.69) is 10.6 Å². The maximum absolute atomic E-state index is 10.4. The predicted molar refractivity (Wildman–Crippen MR) is 39.0 cm³/mol. The molecule has 0 unspecified atom stereocenters. The van der Waals surface area contributed by atoms with Crippen LogP contribution in [0.3, 0.4) is 0 Å². The molecule has 10 heavy (non-hydrogen) atoms. The third-order valence-electron chi connectivity index (χ3n) is 1.25. The second-order valence-corrected chi connectivity index (χ2v) is 2.15. The van der Waals surface area contributed by atoms with Gasteiger partial charge in [-0.05, 0) is 14.1 Å². The molecule has 0 radical (unpaired) electrons. The Morgan fingerprint density at radius 1 is 1.40 bits per heavy atom. The van der Waals surface area contributed by atoms with Gasteiger partial charge in [-0.25, -0.2) is 0 Å². The molecule has 0 aliphatic carbocycles. The molecule has 4 heteroatoms. The van der Waals surface area contributed by atoms with Crippen molar-refractivity contribution in [3.05, 3.63) is 0 Å². The first-order chi connectivity index (χ1) is 4.72. The van der Waals surface area contributed by atoms with Gasteiger partial charge >= 0.3 is 5.97 Å². The fourth-order valence-corrected chi connectivity index (χ4v) is 0.740. The minimum Gasteiger partial charge on any atom is -0.481 e. The quantitative estimate of drug-likeness (QED) is 0.471. The Balaban J connectivity index is 3.61. The molecule has 0 aromatic rings. The zero-order chi connectivity index (χ0) is 7.98. The van der Waals surface area contributed by atoms with Gasteiger partial charge in [-0.3, -0.25) is 4.79 Å². The Labute approximate surface area is 60.6 Å². The van der Waals surface area contributed by atoms with Crippen LogP contribution in [0.5, 0.6) is 0 Å². The second-order valence-electron chi connectivity index (χ2n) is 2.15. The number of carboxylic acid groups (broad SMARTS) is 1. The molecule has 0 heterocycles. The van der Waals surface area contributed by atoms with E-state index >= 15 is 0 Å². The van der Waals surface area contributed by atoms with Crippen LogP contribution in [-0.2, 0) is 4.79 Å². The summed E-state index contributed by atoms with van der Waals surface area (Å²) in [5.41, 5.74) is 0. The van der Waals surface area contributed by atoms with E-state index in [1.165, 1.54) is 0 Å². The Morgan fingerprint density at radius 2 is 1.80 bits per heavy atom. The van der Waals surface area contributed by atoms with E-state index in [0.29, 0.717) is 13.1 Å². The highest BCUT2D eigenvalue weighted by molar-refractivity contribution is 5.70. The molecular formula is C6H14N2O2. The molecule has 0 bridgehead atoms. The number of hydrogen-bond donors (Lipinski definition) is 3. The molecule has 0 spiro atoms. The van der Waals surface area contributed by atoms with Gasteiger partial charge in [0.05, 0.1) is 5.92 Å². The summed E-state index contributed by atoms with van der Waals surface area (Å²) in [7, 11) is 3.48. The molecule has 0 atom stereocenters. The van der Waals surface area contributed by atoms with Crippen molar-refractivity contribution in [2.75, 3.05) is 27.2 Å². The van der Waals surface area contributed by atoms with Gasteiger partial charge in [-0.2, -0.15) is 0 Å². The summed E-state index contributed by atoms with van der Waals surface area (Å²) in [6.45, 7) is 1.02. The molecule has 3 N–H and O–H groups in total. The summed E-state index contributed by atoms with van der Waals surface area (Å²) in [5.74, 6) is -1.08. The van der Waals surface area contributed by atoms with Crippen molar-refractivity contribution in [1.29, 1.82) is 0 Å². The van der Waals surface area contributed by atoms with Crippen molar-refractivity contribution in [3.63, 3.8) is 0 Å². The van der Waals surface area contributed by atoms with Crippen LogP contribution in [0.2, 0.25) is 0 Å². The number of hydrogen-bond acceptors (Lipinski definition) is 3. The third kappa shape index (κ3) is 3.42. The smallest absolute Gasteiger partial charge is 0.309 e. The lowest BCUT2D eigenvalue weighted by atomic mass is 10.1. The van der Waals surface area contributed by atoms with Gasteiger partial charge in [0.15, 0.2) is 0 Å². The van der Waals surface area contributed by atoms with Gasteiger partial charge in [0.25, 0.3) is 0 Å². The molecule has 0 saturated carbocycles. The summed E-state index contributed by atoms with van der Waals surface area (Å²) in [6, 6.07) is 0. The Hall–Kier alpha value is -0.610. The van der Waals surface area contributed by atoms with Crippen LogP contribution >= 0.6 is 0 Å². The van der Waals surface area contributed by atoms with Crippen LogP contribution in [0.4, 0.5) is 0 Å². The fourth-order valence-electron chi connectivity index (χ4n) is 0.740. The van der Waals surface area contributed by atoms with Crippen molar-refractivity contribution < 1.29 is 9.90 Å². The van der Waals surface area contributed by atoms with Crippen molar-refractivity contribution in [3.8, 4) is 0 Å². The minimum atomic E-state index is -0.760. The Morgan fingerprint density at radius 3 is 2.00 bits per heavy atom. The van der Waals surface area contributed by atoms with Gasteiger partial charge < -0.3 is 15.7 Å². The van der Waals surface area contributed by atoms with Crippen molar-refractivity contribution in [1.82, 2.24) is 10.6 Å². The zero-order valence-corrected chi connectivity index (χ0v) is 6.35. The summed E-state index contributed by atoms with van der Waals surface area (Å²) in [4.78, 5) is 10.4. The maximum atomic E-state index is 10.4. The summed E-state index contributed by atoms with van der Waals surface area (Å²) >= 11 is 0. The Bertz CT molecular complexity index is 99.9. The summed E-state index contributed by atoms with van der Waals surface area (Å²) < 4.78 is 0. The van der Waals surface area contributed by atoms with E-state index in [4.69, 9.17) is 5.11 Å². The number of nitrogens with one attached hydrogen (secondary N) is 2.